The number of rotatable bonds is 3. The fourth-order valence-electron chi connectivity index (χ4n) is 2.15. The van der Waals surface area contributed by atoms with E-state index in [1.807, 2.05) is 26.0 Å². The summed E-state index contributed by atoms with van der Waals surface area (Å²) in [6, 6.07) is 0. The second kappa shape index (κ2) is 5.30. The molecule has 1 aliphatic carbocycles. The molecular weight excluding hydrogens is 176 g/mol. The largest absolute Gasteiger partial charge is 0.392 e. The Labute approximate surface area is 86.0 Å². The fraction of sp³-hybridized carbons (Fsp3) is 0.750. The lowest BCUT2D eigenvalue weighted by atomic mass is 9.80. The third-order valence-electron chi connectivity index (χ3n) is 3.05. The van der Waals surface area contributed by atoms with E-state index in [-0.39, 0.29) is 17.6 Å². The van der Waals surface area contributed by atoms with E-state index in [0.717, 1.165) is 19.3 Å². The van der Waals surface area contributed by atoms with E-state index in [1.165, 1.54) is 0 Å². The summed E-state index contributed by atoms with van der Waals surface area (Å²) in [4.78, 5) is 11.6. The number of allylic oxidation sites excluding steroid dienone is 1. The molecule has 0 radical (unpaired) electrons. The van der Waals surface area contributed by atoms with Crippen LogP contribution in [0.4, 0.5) is 0 Å². The van der Waals surface area contributed by atoms with Crippen LogP contribution in [0, 0.1) is 11.8 Å². The second-order valence-corrected chi connectivity index (χ2v) is 4.19. The first kappa shape index (κ1) is 11.4. The van der Waals surface area contributed by atoms with Gasteiger partial charge in [0.25, 0.3) is 0 Å². The Hall–Kier alpha value is -0.630. The van der Waals surface area contributed by atoms with E-state index >= 15 is 0 Å². The number of hydrogen-bond donors (Lipinski definition) is 1. The van der Waals surface area contributed by atoms with Gasteiger partial charge in [0, 0.05) is 18.3 Å². The lowest BCUT2D eigenvalue weighted by Crippen LogP contribution is -2.34. The zero-order valence-electron chi connectivity index (χ0n) is 9.07. The average molecular weight is 196 g/mol. The fourth-order valence-corrected chi connectivity index (χ4v) is 2.15. The van der Waals surface area contributed by atoms with Crippen LogP contribution in [0.2, 0.25) is 0 Å². The van der Waals surface area contributed by atoms with Crippen molar-refractivity contribution >= 4 is 5.78 Å². The number of hydrogen-bond acceptors (Lipinski definition) is 2. The van der Waals surface area contributed by atoms with Gasteiger partial charge in [-0.05, 0) is 19.8 Å². The molecule has 1 rings (SSSR count). The van der Waals surface area contributed by atoms with Crippen LogP contribution < -0.4 is 0 Å². The number of aliphatic hydroxyl groups is 1. The minimum atomic E-state index is -0.487. The SMILES string of the molecule is C/C=C/[C@H](C)[C@H](O)C1CCCCC1=O. The molecular formula is C12H20O2. The first-order valence-electron chi connectivity index (χ1n) is 5.50. The molecule has 1 unspecified atom stereocenters. The Bertz CT molecular complexity index is 220. The maximum absolute atomic E-state index is 11.6. The van der Waals surface area contributed by atoms with Crippen LogP contribution in [0.3, 0.4) is 0 Å². The summed E-state index contributed by atoms with van der Waals surface area (Å²) in [6.07, 6.45) is 7.01. The van der Waals surface area contributed by atoms with Gasteiger partial charge >= 0.3 is 0 Å². The van der Waals surface area contributed by atoms with Gasteiger partial charge in [0.2, 0.25) is 0 Å². The highest BCUT2D eigenvalue weighted by Crippen LogP contribution is 2.27. The Kier molecular flexibility index (Phi) is 4.33. The molecule has 2 nitrogen and oxygen atoms in total. The standard InChI is InChI=1S/C12H20O2/c1-3-6-9(2)12(14)10-7-4-5-8-11(10)13/h3,6,9-10,12,14H,4-5,7-8H2,1-2H3/b6-3+/t9-,10?,12-/m0/s1. The smallest absolute Gasteiger partial charge is 0.138 e. The minimum Gasteiger partial charge on any atom is -0.392 e. The average Bonchev–Trinajstić information content (AvgIpc) is 2.18. The topological polar surface area (TPSA) is 37.3 Å². The summed E-state index contributed by atoms with van der Waals surface area (Å²) in [6.45, 7) is 3.90. The molecule has 14 heavy (non-hydrogen) atoms. The predicted octanol–water partition coefficient (Wildman–Crippen LogP) is 2.32. The van der Waals surface area contributed by atoms with Crippen LogP contribution in [-0.2, 0) is 4.79 Å². The van der Waals surface area contributed by atoms with Crippen LogP contribution >= 0.6 is 0 Å². The molecule has 2 heteroatoms. The van der Waals surface area contributed by atoms with Crippen LogP contribution in [0.15, 0.2) is 12.2 Å². The Morgan fingerprint density at radius 3 is 2.79 bits per heavy atom. The molecule has 0 aliphatic heterocycles. The molecule has 1 aliphatic rings. The molecule has 80 valence electrons. The quantitative estimate of drug-likeness (QED) is 0.703. The molecule has 0 saturated heterocycles. The Balaban J connectivity index is 2.57. The van der Waals surface area contributed by atoms with Crippen molar-refractivity contribution in [2.24, 2.45) is 11.8 Å². The lowest BCUT2D eigenvalue weighted by Gasteiger charge is -2.28. The zero-order valence-corrected chi connectivity index (χ0v) is 9.07. The van der Waals surface area contributed by atoms with Gasteiger partial charge in [-0.25, -0.2) is 0 Å². The predicted molar refractivity (Wildman–Crippen MR) is 56.9 cm³/mol. The minimum absolute atomic E-state index is 0.0899. The summed E-state index contributed by atoms with van der Waals surface area (Å²) in [7, 11) is 0. The highest BCUT2D eigenvalue weighted by atomic mass is 16.3. The molecule has 0 amide bonds. The number of Topliss-reactive ketones (excluding diaryl/α,β-unsaturated/α-hetero) is 1. The second-order valence-electron chi connectivity index (χ2n) is 4.19. The van der Waals surface area contributed by atoms with E-state index in [4.69, 9.17) is 0 Å². The molecule has 1 saturated carbocycles. The van der Waals surface area contributed by atoms with Gasteiger partial charge in [0.15, 0.2) is 0 Å². The van der Waals surface area contributed by atoms with E-state index in [2.05, 4.69) is 0 Å². The molecule has 0 aromatic heterocycles. The normalized spacial score (nSPS) is 27.9. The Morgan fingerprint density at radius 2 is 2.21 bits per heavy atom. The molecule has 0 bridgehead atoms. The highest BCUT2D eigenvalue weighted by molar-refractivity contribution is 5.82. The van der Waals surface area contributed by atoms with Gasteiger partial charge in [-0.1, -0.05) is 25.5 Å². The van der Waals surface area contributed by atoms with Gasteiger partial charge in [0.1, 0.15) is 5.78 Å². The van der Waals surface area contributed by atoms with Crippen molar-refractivity contribution in [1.82, 2.24) is 0 Å². The molecule has 0 aromatic carbocycles. The van der Waals surface area contributed by atoms with Crippen molar-refractivity contribution in [3.8, 4) is 0 Å². The molecule has 0 aromatic rings. The van der Waals surface area contributed by atoms with Crippen molar-refractivity contribution in [3.63, 3.8) is 0 Å². The van der Waals surface area contributed by atoms with Crippen LogP contribution in [0.25, 0.3) is 0 Å². The molecule has 3 atom stereocenters. The first-order valence-corrected chi connectivity index (χ1v) is 5.50. The van der Waals surface area contributed by atoms with Gasteiger partial charge in [-0.2, -0.15) is 0 Å². The lowest BCUT2D eigenvalue weighted by molar-refractivity contribution is -0.129. The van der Waals surface area contributed by atoms with E-state index in [0.29, 0.717) is 6.42 Å². The molecule has 0 heterocycles. The first-order chi connectivity index (χ1) is 6.66. The number of carbonyl (C=O) groups excluding carboxylic acids is 1. The van der Waals surface area contributed by atoms with Crippen molar-refractivity contribution in [2.75, 3.05) is 0 Å². The third-order valence-corrected chi connectivity index (χ3v) is 3.05. The maximum Gasteiger partial charge on any atom is 0.138 e. The highest BCUT2D eigenvalue weighted by Gasteiger charge is 2.31. The molecule has 0 spiro atoms. The van der Waals surface area contributed by atoms with E-state index in [1.54, 1.807) is 0 Å². The maximum atomic E-state index is 11.6. The van der Waals surface area contributed by atoms with Crippen LogP contribution in [0.5, 0.6) is 0 Å². The molecule has 1 N–H and O–H groups in total. The molecule has 1 fully saturated rings. The summed E-state index contributed by atoms with van der Waals surface area (Å²) in [5.41, 5.74) is 0. The van der Waals surface area contributed by atoms with Gasteiger partial charge in [-0.15, -0.1) is 0 Å². The summed E-state index contributed by atoms with van der Waals surface area (Å²) < 4.78 is 0. The summed E-state index contributed by atoms with van der Waals surface area (Å²) in [5, 5.41) is 9.97. The van der Waals surface area contributed by atoms with Crippen molar-refractivity contribution in [2.45, 2.75) is 45.6 Å². The number of carbonyl (C=O) groups is 1. The third kappa shape index (κ3) is 2.68. The van der Waals surface area contributed by atoms with Gasteiger partial charge < -0.3 is 5.11 Å². The van der Waals surface area contributed by atoms with Gasteiger partial charge in [-0.3, -0.25) is 4.79 Å². The van der Waals surface area contributed by atoms with Crippen molar-refractivity contribution in [1.29, 1.82) is 0 Å². The van der Waals surface area contributed by atoms with E-state index in [9.17, 15) is 9.90 Å². The van der Waals surface area contributed by atoms with E-state index < -0.39 is 6.10 Å². The van der Waals surface area contributed by atoms with Crippen molar-refractivity contribution < 1.29 is 9.90 Å². The summed E-state index contributed by atoms with van der Waals surface area (Å²) >= 11 is 0. The summed E-state index contributed by atoms with van der Waals surface area (Å²) in [5.74, 6) is 0.224. The van der Waals surface area contributed by atoms with Crippen molar-refractivity contribution in [3.05, 3.63) is 12.2 Å². The zero-order chi connectivity index (χ0) is 10.6. The van der Waals surface area contributed by atoms with Crippen LogP contribution in [-0.4, -0.2) is 17.0 Å². The number of aliphatic hydroxyl groups excluding tert-OH is 1. The van der Waals surface area contributed by atoms with Gasteiger partial charge in [0.05, 0.1) is 6.10 Å². The van der Waals surface area contributed by atoms with Crippen LogP contribution in [0.1, 0.15) is 39.5 Å². The Morgan fingerprint density at radius 1 is 1.50 bits per heavy atom. The monoisotopic (exact) mass is 196 g/mol. The number of ketones is 1.